The summed E-state index contributed by atoms with van der Waals surface area (Å²) in [6, 6.07) is 5.52. The fourth-order valence-electron chi connectivity index (χ4n) is 2.64. The van der Waals surface area contributed by atoms with Gasteiger partial charge in [-0.2, -0.15) is 0 Å². The van der Waals surface area contributed by atoms with Crippen LogP contribution in [-0.2, 0) is 15.4 Å². The van der Waals surface area contributed by atoms with Crippen molar-refractivity contribution in [2.45, 2.75) is 76.5 Å². The molecule has 24 heavy (non-hydrogen) atoms. The first-order valence-corrected chi connectivity index (χ1v) is 10.4. The SMILES string of the molecule is CCCCCC(C)(C)c1ccc(OCCCC)c(S(=O)(=O)[N]C)c1. The zero-order valence-electron chi connectivity index (χ0n) is 15.8. The lowest BCUT2D eigenvalue weighted by Gasteiger charge is -2.26. The van der Waals surface area contributed by atoms with Crippen LogP contribution in [0.4, 0.5) is 0 Å². The minimum atomic E-state index is -3.67. The molecule has 0 aliphatic rings. The average Bonchev–Trinajstić information content (AvgIpc) is 2.55. The van der Waals surface area contributed by atoms with Gasteiger partial charge >= 0.3 is 0 Å². The third-order valence-electron chi connectivity index (χ3n) is 4.40. The lowest BCUT2D eigenvalue weighted by molar-refractivity contribution is 0.301. The molecule has 1 aromatic carbocycles. The molecule has 0 N–H and O–H groups in total. The van der Waals surface area contributed by atoms with Crippen molar-refractivity contribution in [2.24, 2.45) is 0 Å². The van der Waals surface area contributed by atoms with E-state index >= 15 is 0 Å². The van der Waals surface area contributed by atoms with Gasteiger partial charge in [0.15, 0.2) is 0 Å². The standard InChI is InChI=1S/C19H32NO3S/c1-6-8-10-13-19(3,4)16-11-12-17(23-14-9-7-2)18(15-16)24(21,22)20-5/h11-12,15H,6-10,13-14H2,1-5H3. The van der Waals surface area contributed by atoms with Crippen molar-refractivity contribution < 1.29 is 13.2 Å². The molecule has 0 aromatic heterocycles. The molecule has 0 spiro atoms. The van der Waals surface area contributed by atoms with E-state index in [1.54, 1.807) is 12.1 Å². The van der Waals surface area contributed by atoms with E-state index in [4.69, 9.17) is 4.74 Å². The molecule has 0 fully saturated rings. The molecule has 137 valence electrons. The van der Waals surface area contributed by atoms with Gasteiger partial charge in [0.05, 0.1) is 6.61 Å². The molecule has 0 unspecified atom stereocenters. The second-order valence-electron chi connectivity index (χ2n) is 6.86. The highest BCUT2D eigenvalue weighted by atomic mass is 32.2. The first-order valence-electron chi connectivity index (χ1n) is 8.92. The van der Waals surface area contributed by atoms with Gasteiger partial charge in [-0.1, -0.05) is 59.4 Å². The summed E-state index contributed by atoms with van der Waals surface area (Å²) >= 11 is 0. The Morgan fingerprint density at radius 3 is 2.33 bits per heavy atom. The molecule has 0 aliphatic carbocycles. The summed E-state index contributed by atoms with van der Waals surface area (Å²) in [6.45, 7) is 9.10. The highest BCUT2D eigenvalue weighted by molar-refractivity contribution is 7.89. The number of unbranched alkanes of at least 4 members (excludes halogenated alkanes) is 3. The Morgan fingerprint density at radius 2 is 1.75 bits per heavy atom. The van der Waals surface area contributed by atoms with Crippen LogP contribution < -0.4 is 9.46 Å². The van der Waals surface area contributed by atoms with Gasteiger partial charge in [0, 0.05) is 7.05 Å². The van der Waals surface area contributed by atoms with Gasteiger partial charge in [-0.3, -0.25) is 0 Å². The maximum absolute atomic E-state index is 12.3. The summed E-state index contributed by atoms with van der Waals surface area (Å²) in [7, 11) is -2.36. The largest absolute Gasteiger partial charge is 0.492 e. The maximum Gasteiger partial charge on any atom is 0.260 e. The molecular weight excluding hydrogens is 322 g/mol. The van der Waals surface area contributed by atoms with Crippen LogP contribution in [0, 0.1) is 0 Å². The number of hydrogen-bond acceptors (Lipinski definition) is 3. The fraction of sp³-hybridized carbons (Fsp3) is 0.684. The van der Waals surface area contributed by atoms with E-state index < -0.39 is 10.0 Å². The predicted octanol–water partition coefficient (Wildman–Crippen LogP) is 4.65. The van der Waals surface area contributed by atoms with Crippen LogP contribution in [0.5, 0.6) is 5.75 Å². The second kappa shape index (κ2) is 9.42. The van der Waals surface area contributed by atoms with Crippen molar-refractivity contribution >= 4 is 10.0 Å². The molecular formula is C19H32NO3S. The Hall–Kier alpha value is -1.07. The minimum Gasteiger partial charge on any atom is -0.492 e. The smallest absolute Gasteiger partial charge is 0.260 e. The van der Waals surface area contributed by atoms with Gasteiger partial charge in [-0.25, -0.2) is 8.42 Å². The van der Waals surface area contributed by atoms with Crippen LogP contribution in [0.2, 0.25) is 0 Å². The van der Waals surface area contributed by atoms with Gasteiger partial charge in [0.1, 0.15) is 10.6 Å². The summed E-state index contributed by atoms with van der Waals surface area (Å²) in [4.78, 5) is 0.183. The Bertz CT molecular complexity index is 609. The molecule has 0 saturated heterocycles. The lowest BCUT2D eigenvalue weighted by Crippen LogP contribution is -2.20. The van der Waals surface area contributed by atoms with Crippen molar-refractivity contribution in [3.8, 4) is 5.75 Å². The van der Waals surface area contributed by atoms with Crippen LogP contribution in [0.15, 0.2) is 23.1 Å². The third-order valence-corrected chi connectivity index (χ3v) is 5.76. The quantitative estimate of drug-likeness (QED) is 0.544. The Balaban J connectivity index is 3.15. The van der Waals surface area contributed by atoms with Gasteiger partial charge in [0.2, 0.25) is 0 Å². The maximum atomic E-state index is 12.3. The summed E-state index contributed by atoms with van der Waals surface area (Å²) in [5.74, 6) is 0.405. The van der Waals surface area contributed by atoms with Gasteiger partial charge < -0.3 is 4.74 Å². The normalized spacial score (nSPS) is 12.4. The molecule has 5 heteroatoms. The zero-order chi connectivity index (χ0) is 18.2. The van der Waals surface area contributed by atoms with Crippen molar-refractivity contribution in [1.82, 2.24) is 4.72 Å². The number of nitrogens with zero attached hydrogens (tertiary/aromatic N) is 1. The van der Waals surface area contributed by atoms with E-state index in [-0.39, 0.29) is 10.3 Å². The second-order valence-corrected chi connectivity index (χ2v) is 8.62. The van der Waals surface area contributed by atoms with Crippen LogP contribution in [0.3, 0.4) is 0 Å². The molecule has 0 atom stereocenters. The van der Waals surface area contributed by atoms with Crippen molar-refractivity contribution in [2.75, 3.05) is 13.7 Å². The highest BCUT2D eigenvalue weighted by Crippen LogP contribution is 2.34. The van der Waals surface area contributed by atoms with Crippen molar-refractivity contribution in [1.29, 1.82) is 0 Å². The monoisotopic (exact) mass is 354 g/mol. The van der Waals surface area contributed by atoms with E-state index in [0.29, 0.717) is 12.4 Å². The van der Waals surface area contributed by atoms with Crippen LogP contribution in [0.25, 0.3) is 0 Å². The first kappa shape index (κ1) is 21.0. The molecule has 0 amide bonds. The van der Waals surface area contributed by atoms with E-state index in [1.807, 2.05) is 6.07 Å². The minimum absolute atomic E-state index is 0.0743. The Labute approximate surface area is 148 Å². The highest BCUT2D eigenvalue weighted by Gasteiger charge is 2.25. The van der Waals surface area contributed by atoms with Gasteiger partial charge in [-0.15, -0.1) is 4.72 Å². The van der Waals surface area contributed by atoms with Crippen molar-refractivity contribution in [3.63, 3.8) is 0 Å². The molecule has 1 rings (SSSR count). The van der Waals surface area contributed by atoms with Crippen LogP contribution >= 0.6 is 0 Å². The van der Waals surface area contributed by atoms with E-state index in [0.717, 1.165) is 31.2 Å². The number of benzene rings is 1. The molecule has 0 aliphatic heterocycles. The van der Waals surface area contributed by atoms with Crippen LogP contribution in [-0.4, -0.2) is 22.1 Å². The number of ether oxygens (including phenoxy) is 1. The fourth-order valence-corrected chi connectivity index (χ4v) is 3.49. The Kier molecular flexibility index (Phi) is 8.23. The summed E-state index contributed by atoms with van der Waals surface area (Å²) < 4.78 is 34.0. The summed E-state index contributed by atoms with van der Waals surface area (Å²) in [5, 5.41) is 0. The number of sulfonamides is 1. The third kappa shape index (κ3) is 5.78. The lowest BCUT2D eigenvalue weighted by atomic mass is 9.80. The van der Waals surface area contributed by atoms with Gasteiger partial charge in [-0.05, 0) is 36.0 Å². The first-order chi connectivity index (χ1) is 11.3. The summed E-state index contributed by atoms with van der Waals surface area (Å²) in [6.07, 6.45) is 6.43. The van der Waals surface area contributed by atoms with E-state index in [9.17, 15) is 8.42 Å². The van der Waals surface area contributed by atoms with Crippen LogP contribution in [0.1, 0.15) is 71.8 Å². The molecule has 0 heterocycles. The van der Waals surface area contributed by atoms with E-state index in [1.165, 1.54) is 19.9 Å². The van der Waals surface area contributed by atoms with Gasteiger partial charge in [0.25, 0.3) is 10.0 Å². The summed E-state index contributed by atoms with van der Waals surface area (Å²) in [5.41, 5.74) is 0.943. The topological polar surface area (TPSA) is 57.5 Å². The molecule has 4 nitrogen and oxygen atoms in total. The predicted molar refractivity (Wildman–Crippen MR) is 99.3 cm³/mol. The van der Waals surface area contributed by atoms with Crippen molar-refractivity contribution in [3.05, 3.63) is 23.8 Å². The zero-order valence-corrected chi connectivity index (χ0v) is 16.6. The van der Waals surface area contributed by atoms with E-state index in [2.05, 4.69) is 32.4 Å². The number of hydrogen-bond donors (Lipinski definition) is 0. The molecule has 1 radical (unpaired) electrons. The Morgan fingerprint density at radius 1 is 1.08 bits per heavy atom. The molecule has 0 saturated carbocycles. The molecule has 1 aromatic rings. The average molecular weight is 355 g/mol. The number of rotatable bonds is 11. The molecule has 0 bridgehead atoms.